The van der Waals surface area contributed by atoms with E-state index in [1.165, 1.54) is 16.9 Å². The van der Waals surface area contributed by atoms with Crippen LogP contribution in [0.15, 0.2) is 48.5 Å². The summed E-state index contributed by atoms with van der Waals surface area (Å²) in [6, 6.07) is 13.5. The van der Waals surface area contributed by atoms with Crippen LogP contribution in [-0.2, 0) is 9.53 Å². The molecular formula is C19H17FN4O3. The Morgan fingerprint density at radius 2 is 1.85 bits per heavy atom. The molecule has 8 heteroatoms. The van der Waals surface area contributed by atoms with Crippen LogP contribution in [0.3, 0.4) is 0 Å². The third-order valence-corrected chi connectivity index (χ3v) is 3.70. The minimum Gasteiger partial charge on any atom is -0.451 e. The van der Waals surface area contributed by atoms with Crippen molar-refractivity contribution in [1.29, 1.82) is 0 Å². The van der Waals surface area contributed by atoms with Crippen LogP contribution in [0.5, 0.6) is 0 Å². The van der Waals surface area contributed by atoms with Crippen molar-refractivity contribution in [2.24, 2.45) is 0 Å². The Balaban J connectivity index is 1.62. The first-order valence-corrected chi connectivity index (χ1v) is 8.16. The predicted molar refractivity (Wildman–Crippen MR) is 96.1 cm³/mol. The number of hydrogen-bond acceptors (Lipinski definition) is 5. The lowest BCUT2D eigenvalue weighted by molar-refractivity contribution is -0.119. The lowest BCUT2D eigenvalue weighted by Gasteiger charge is -2.07. The summed E-state index contributed by atoms with van der Waals surface area (Å²) in [5.74, 6) is -2.00. The number of carbonyl (C=O) groups excluding carboxylic acids is 2. The van der Waals surface area contributed by atoms with E-state index in [1.54, 1.807) is 32.0 Å². The quantitative estimate of drug-likeness (QED) is 0.700. The maximum absolute atomic E-state index is 13.7. The normalized spacial score (nSPS) is 10.5. The monoisotopic (exact) mass is 368 g/mol. The summed E-state index contributed by atoms with van der Waals surface area (Å²) in [7, 11) is 0. The molecule has 138 valence electrons. The topological polar surface area (TPSA) is 86.1 Å². The Morgan fingerprint density at radius 3 is 2.56 bits per heavy atom. The molecule has 0 aliphatic rings. The van der Waals surface area contributed by atoms with E-state index in [-0.39, 0.29) is 11.4 Å². The maximum atomic E-state index is 13.7. The molecule has 0 fully saturated rings. The van der Waals surface area contributed by atoms with Gasteiger partial charge < -0.3 is 10.1 Å². The molecule has 2 aromatic carbocycles. The molecule has 1 heterocycles. The minimum atomic E-state index is -0.783. The Morgan fingerprint density at radius 1 is 1.11 bits per heavy atom. The number of ether oxygens (including phenoxy) is 1. The highest BCUT2D eigenvalue weighted by Crippen LogP contribution is 2.15. The van der Waals surface area contributed by atoms with E-state index in [1.807, 2.05) is 18.2 Å². The van der Waals surface area contributed by atoms with Crippen LogP contribution in [0.25, 0.3) is 5.69 Å². The molecule has 3 aromatic rings. The number of anilines is 1. The number of halogens is 1. The number of carbonyl (C=O) groups is 2. The SMILES string of the molecule is Cc1ccc(NC(=O)COC(=O)c2nn(-c3ccccc3)nc2C)c(F)c1. The number of para-hydroxylation sites is 1. The molecule has 0 atom stereocenters. The van der Waals surface area contributed by atoms with Gasteiger partial charge >= 0.3 is 5.97 Å². The second kappa shape index (κ2) is 7.77. The Labute approximate surface area is 154 Å². The summed E-state index contributed by atoms with van der Waals surface area (Å²) in [5.41, 5.74) is 1.82. The number of aryl methyl sites for hydroxylation is 2. The van der Waals surface area contributed by atoms with Crippen LogP contribution >= 0.6 is 0 Å². The van der Waals surface area contributed by atoms with Crippen molar-refractivity contribution < 1.29 is 18.7 Å². The van der Waals surface area contributed by atoms with E-state index in [0.717, 1.165) is 5.56 Å². The number of benzene rings is 2. The molecule has 1 N–H and O–H groups in total. The van der Waals surface area contributed by atoms with Gasteiger partial charge in [-0.05, 0) is 43.7 Å². The molecule has 3 rings (SSSR count). The number of hydrogen-bond donors (Lipinski definition) is 1. The van der Waals surface area contributed by atoms with E-state index in [9.17, 15) is 14.0 Å². The molecule has 0 saturated heterocycles. The molecule has 1 aromatic heterocycles. The molecule has 0 aliphatic heterocycles. The summed E-state index contributed by atoms with van der Waals surface area (Å²) >= 11 is 0. The lowest BCUT2D eigenvalue weighted by Crippen LogP contribution is -2.22. The number of nitrogens with zero attached hydrogens (tertiary/aromatic N) is 3. The van der Waals surface area contributed by atoms with Gasteiger partial charge in [0.2, 0.25) is 0 Å². The first kappa shape index (κ1) is 18.2. The molecule has 27 heavy (non-hydrogen) atoms. The average molecular weight is 368 g/mol. The first-order valence-electron chi connectivity index (χ1n) is 8.16. The van der Waals surface area contributed by atoms with Crippen LogP contribution in [0, 0.1) is 19.7 Å². The van der Waals surface area contributed by atoms with Crippen molar-refractivity contribution in [3.05, 3.63) is 71.3 Å². The van der Waals surface area contributed by atoms with E-state index < -0.39 is 24.3 Å². The molecule has 1 amide bonds. The van der Waals surface area contributed by atoms with E-state index in [0.29, 0.717) is 11.4 Å². The molecule has 0 radical (unpaired) electrons. The minimum absolute atomic E-state index is 0.00756. The van der Waals surface area contributed by atoms with Crippen molar-refractivity contribution >= 4 is 17.6 Å². The van der Waals surface area contributed by atoms with Crippen LogP contribution < -0.4 is 5.32 Å². The van der Waals surface area contributed by atoms with E-state index in [4.69, 9.17) is 4.74 Å². The fourth-order valence-corrected chi connectivity index (χ4v) is 2.35. The van der Waals surface area contributed by atoms with Crippen LogP contribution in [0.1, 0.15) is 21.7 Å². The van der Waals surface area contributed by atoms with Crippen LogP contribution in [-0.4, -0.2) is 33.5 Å². The molecule has 7 nitrogen and oxygen atoms in total. The fourth-order valence-electron chi connectivity index (χ4n) is 2.35. The summed E-state index contributed by atoms with van der Waals surface area (Å²) in [6.07, 6.45) is 0. The molecule has 0 spiro atoms. The zero-order chi connectivity index (χ0) is 19.4. The number of aromatic nitrogens is 3. The zero-order valence-electron chi connectivity index (χ0n) is 14.8. The van der Waals surface area contributed by atoms with Gasteiger partial charge in [0, 0.05) is 0 Å². The van der Waals surface area contributed by atoms with Crippen molar-refractivity contribution in [1.82, 2.24) is 15.0 Å². The Bertz CT molecular complexity index is 986. The largest absolute Gasteiger partial charge is 0.451 e. The Kier molecular flexibility index (Phi) is 5.25. The smallest absolute Gasteiger partial charge is 0.361 e. The van der Waals surface area contributed by atoms with Gasteiger partial charge in [-0.3, -0.25) is 4.79 Å². The Hall–Kier alpha value is -3.55. The second-order valence-corrected chi connectivity index (χ2v) is 5.87. The lowest BCUT2D eigenvalue weighted by atomic mass is 10.2. The fraction of sp³-hybridized carbons (Fsp3) is 0.158. The van der Waals surface area contributed by atoms with Crippen molar-refractivity contribution in [2.45, 2.75) is 13.8 Å². The van der Waals surface area contributed by atoms with Crippen molar-refractivity contribution in [3.8, 4) is 5.69 Å². The van der Waals surface area contributed by atoms with Crippen molar-refractivity contribution in [3.63, 3.8) is 0 Å². The second-order valence-electron chi connectivity index (χ2n) is 5.87. The number of amides is 1. The van der Waals surface area contributed by atoms with Gasteiger partial charge in [-0.15, -0.1) is 5.10 Å². The van der Waals surface area contributed by atoms with Gasteiger partial charge in [0.15, 0.2) is 12.3 Å². The highest BCUT2D eigenvalue weighted by Gasteiger charge is 2.19. The van der Waals surface area contributed by atoms with Gasteiger partial charge in [0.05, 0.1) is 17.1 Å². The van der Waals surface area contributed by atoms with E-state index in [2.05, 4.69) is 15.5 Å². The third kappa shape index (κ3) is 4.35. The molecule has 0 aliphatic carbocycles. The predicted octanol–water partition coefficient (Wildman–Crippen LogP) is 2.82. The van der Waals surface area contributed by atoms with Gasteiger partial charge in [-0.25, -0.2) is 9.18 Å². The average Bonchev–Trinajstić information content (AvgIpc) is 3.05. The number of nitrogens with one attached hydrogen (secondary N) is 1. The summed E-state index contributed by atoms with van der Waals surface area (Å²) in [5, 5.41) is 10.6. The number of rotatable bonds is 5. The summed E-state index contributed by atoms with van der Waals surface area (Å²) in [4.78, 5) is 25.4. The molecule has 0 saturated carbocycles. The van der Waals surface area contributed by atoms with Gasteiger partial charge in [0.25, 0.3) is 5.91 Å². The summed E-state index contributed by atoms with van der Waals surface area (Å²) in [6.45, 7) is 2.79. The van der Waals surface area contributed by atoms with Gasteiger partial charge in [-0.1, -0.05) is 24.3 Å². The van der Waals surface area contributed by atoms with Crippen molar-refractivity contribution in [2.75, 3.05) is 11.9 Å². The van der Waals surface area contributed by atoms with Gasteiger partial charge in [0.1, 0.15) is 5.82 Å². The highest BCUT2D eigenvalue weighted by molar-refractivity contribution is 5.95. The number of esters is 1. The maximum Gasteiger partial charge on any atom is 0.361 e. The van der Waals surface area contributed by atoms with Crippen LogP contribution in [0.4, 0.5) is 10.1 Å². The van der Waals surface area contributed by atoms with E-state index >= 15 is 0 Å². The highest BCUT2D eigenvalue weighted by atomic mass is 19.1. The standard InChI is InChI=1S/C19H17FN4O3/c1-12-8-9-16(15(20)10-12)21-17(25)11-27-19(26)18-13(2)22-24(23-18)14-6-4-3-5-7-14/h3-10H,11H2,1-2H3,(H,21,25). The summed E-state index contributed by atoms with van der Waals surface area (Å²) < 4.78 is 18.7. The zero-order valence-corrected chi connectivity index (χ0v) is 14.8. The van der Waals surface area contributed by atoms with Gasteiger partial charge in [-0.2, -0.15) is 9.90 Å². The molecule has 0 bridgehead atoms. The van der Waals surface area contributed by atoms with Crippen LogP contribution in [0.2, 0.25) is 0 Å². The molecular weight excluding hydrogens is 351 g/mol. The first-order chi connectivity index (χ1) is 12.9. The third-order valence-electron chi connectivity index (χ3n) is 3.70. The molecule has 0 unspecified atom stereocenters.